The van der Waals surface area contributed by atoms with E-state index in [1.165, 1.54) is 23.9 Å². The molecule has 1 unspecified atom stereocenters. The molecule has 0 aliphatic carbocycles. The molecule has 0 radical (unpaired) electrons. The second kappa shape index (κ2) is 11.6. The van der Waals surface area contributed by atoms with Gasteiger partial charge in [0.1, 0.15) is 16.9 Å². The van der Waals surface area contributed by atoms with E-state index in [9.17, 15) is 18.0 Å². The average Bonchev–Trinajstić information content (AvgIpc) is 3.20. The normalized spacial score (nSPS) is 13.9. The van der Waals surface area contributed by atoms with Gasteiger partial charge < -0.3 is 9.15 Å². The number of carbonyl (C=O) groups excluding carboxylic acids is 1. The van der Waals surface area contributed by atoms with Gasteiger partial charge in [-0.05, 0) is 69.5 Å². The van der Waals surface area contributed by atoms with Gasteiger partial charge in [0.05, 0.1) is 9.64 Å². The quantitative estimate of drug-likeness (QED) is 0.0644. The van der Waals surface area contributed by atoms with Gasteiger partial charge in [0.25, 0.3) is 0 Å². The molecule has 1 heterocycles. The van der Waals surface area contributed by atoms with Gasteiger partial charge >= 0.3 is 12.1 Å². The molecule has 0 aliphatic heterocycles. The molecule has 0 bridgehead atoms. The van der Waals surface area contributed by atoms with Crippen LogP contribution in [-0.4, -0.2) is 15.6 Å². The number of aryl methyl sites for hydroxylation is 1. The number of hydrogen-bond donors (Lipinski definition) is 1. The summed E-state index contributed by atoms with van der Waals surface area (Å²) in [6.45, 7) is 11.0. The fourth-order valence-electron chi connectivity index (χ4n) is 4.41. The van der Waals surface area contributed by atoms with Crippen LogP contribution in [0.1, 0.15) is 64.5 Å². The standard InChI is InChI=1S/C29H33F3O3S2/c1-6-8-9-10-19-11-14-22(23(15-19)29(30,31)32)25-16-20-12-13-21(17-24(20)34-25)37-28(5,36)18-27(3,4)35-26(33)7-2/h7,11-17,36H,2,6,8-10,18H2,1,3-5H3. The van der Waals surface area contributed by atoms with Gasteiger partial charge in [-0.2, -0.15) is 25.8 Å². The van der Waals surface area contributed by atoms with Crippen LogP contribution in [0.2, 0.25) is 0 Å². The lowest BCUT2D eigenvalue weighted by Crippen LogP contribution is -2.34. The minimum Gasteiger partial charge on any atom is -0.456 e. The number of unbranched alkanes of at least 4 members (excludes halogenated alkanes) is 2. The van der Waals surface area contributed by atoms with Crippen molar-refractivity contribution in [2.45, 2.75) is 80.6 Å². The zero-order valence-electron chi connectivity index (χ0n) is 21.6. The highest BCUT2D eigenvalue weighted by Crippen LogP contribution is 2.44. The lowest BCUT2D eigenvalue weighted by Gasteiger charge is -2.33. The number of carbonyl (C=O) groups is 1. The van der Waals surface area contributed by atoms with E-state index < -0.39 is 27.4 Å². The van der Waals surface area contributed by atoms with Crippen molar-refractivity contribution in [1.82, 2.24) is 0 Å². The summed E-state index contributed by atoms with van der Waals surface area (Å²) in [5.41, 5.74) is -0.264. The first-order valence-corrected chi connectivity index (χ1v) is 13.5. The van der Waals surface area contributed by atoms with Crippen molar-refractivity contribution in [3.8, 4) is 11.3 Å². The number of esters is 1. The Morgan fingerprint density at radius 1 is 1.11 bits per heavy atom. The topological polar surface area (TPSA) is 39.4 Å². The Morgan fingerprint density at radius 3 is 2.49 bits per heavy atom. The van der Waals surface area contributed by atoms with Gasteiger partial charge in [-0.15, -0.1) is 11.8 Å². The highest BCUT2D eigenvalue weighted by atomic mass is 32.2. The Bertz CT molecular complexity index is 1260. The summed E-state index contributed by atoms with van der Waals surface area (Å²) in [7, 11) is 0. The van der Waals surface area contributed by atoms with Crippen LogP contribution in [-0.2, 0) is 22.1 Å². The number of alkyl halides is 3. The lowest BCUT2D eigenvalue weighted by atomic mass is 9.98. The van der Waals surface area contributed by atoms with E-state index in [1.54, 1.807) is 32.0 Å². The lowest BCUT2D eigenvalue weighted by molar-refractivity contribution is -0.150. The molecule has 8 heteroatoms. The number of ether oxygens (including phenoxy) is 1. The number of hydrogen-bond acceptors (Lipinski definition) is 5. The van der Waals surface area contributed by atoms with Gasteiger partial charge in [-0.25, -0.2) is 4.79 Å². The third kappa shape index (κ3) is 8.08. The molecule has 0 spiro atoms. The van der Waals surface area contributed by atoms with Crippen molar-refractivity contribution in [2.75, 3.05) is 0 Å². The molecule has 3 aromatic rings. The predicted octanol–water partition coefficient (Wildman–Crippen LogP) is 9.49. The molecule has 0 saturated heterocycles. The fraction of sp³-hybridized carbons (Fsp3) is 0.414. The van der Waals surface area contributed by atoms with Crippen LogP contribution >= 0.6 is 24.4 Å². The second-order valence-corrected chi connectivity index (χ2v) is 12.9. The molecule has 0 aliphatic rings. The maximum atomic E-state index is 14.0. The Hall–Kier alpha value is -2.32. The first-order valence-electron chi connectivity index (χ1n) is 12.2. The summed E-state index contributed by atoms with van der Waals surface area (Å²) in [5, 5.41) is 0.709. The number of furan rings is 1. The molecule has 1 atom stereocenters. The van der Waals surface area contributed by atoms with E-state index in [-0.39, 0.29) is 11.3 Å². The molecule has 2 aromatic carbocycles. The van der Waals surface area contributed by atoms with Crippen LogP contribution in [0.3, 0.4) is 0 Å². The van der Waals surface area contributed by atoms with Crippen LogP contribution in [0.25, 0.3) is 22.3 Å². The largest absolute Gasteiger partial charge is 0.456 e. The summed E-state index contributed by atoms with van der Waals surface area (Å²) in [6.07, 6.45) is 0.532. The summed E-state index contributed by atoms with van der Waals surface area (Å²) in [4.78, 5) is 12.5. The molecule has 0 amide bonds. The van der Waals surface area contributed by atoms with E-state index in [2.05, 4.69) is 13.5 Å². The highest BCUT2D eigenvalue weighted by Gasteiger charge is 2.35. The van der Waals surface area contributed by atoms with E-state index in [1.807, 2.05) is 19.1 Å². The number of benzene rings is 2. The number of fused-ring (bicyclic) bond motifs is 1. The van der Waals surface area contributed by atoms with Gasteiger partial charge in [0, 0.05) is 28.3 Å². The molecule has 200 valence electrons. The predicted molar refractivity (Wildman–Crippen MR) is 148 cm³/mol. The summed E-state index contributed by atoms with van der Waals surface area (Å²) < 4.78 is 52.6. The second-order valence-electron chi connectivity index (χ2n) is 9.98. The zero-order chi connectivity index (χ0) is 27.4. The van der Waals surface area contributed by atoms with E-state index in [0.717, 1.165) is 30.2 Å². The number of rotatable bonds is 11. The minimum absolute atomic E-state index is 0.0296. The molecular weight excluding hydrogens is 517 g/mol. The Kier molecular flexibility index (Phi) is 9.17. The smallest absolute Gasteiger partial charge is 0.417 e. The van der Waals surface area contributed by atoms with Crippen molar-refractivity contribution in [1.29, 1.82) is 0 Å². The number of halogens is 3. The SMILES string of the molecule is C=CC(=O)OC(C)(C)CC(C)(S)Sc1ccc2cc(-c3ccc(CCCCC)cc3C(F)(F)F)oc2c1. The maximum Gasteiger partial charge on any atom is 0.417 e. The van der Waals surface area contributed by atoms with Crippen LogP contribution < -0.4 is 0 Å². The molecule has 3 nitrogen and oxygen atoms in total. The molecule has 1 aromatic heterocycles. The first-order chi connectivity index (χ1) is 17.2. The van der Waals surface area contributed by atoms with Crippen LogP contribution in [0.4, 0.5) is 13.2 Å². The van der Waals surface area contributed by atoms with Crippen LogP contribution in [0, 0.1) is 0 Å². The Labute approximate surface area is 226 Å². The average molecular weight is 551 g/mol. The Balaban J connectivity index is 1.87. The molecular formula is C29H33F3O3S2. The van der Waals surface area contributed by atoms with Gasteiger partial charge in [-0.1, -0.05) is 38.5 Å². The van der Waals surface area contributed by atoms with Crippen LogP contribution in [0.15, 0.2) is 64.4 Å². The first kappa shape index (κ1) is 29.2. The number of thiol groups is 1. The summed E-state index contributed by atoms with van der Waals surface area (Å²) >= 11 is 6.23. The van der Waals surface area contributed by atoms with Crippen molar-refractivity contribution >= 4 is 41.3 Å². The highest BCUT2D eigenvalue weighted by molar-refractivity contribution is 8.11. The molecule has 3 rings (SSSR count). The van der Waals surface area contributed by atoms with Gasteiger partial charge in [-0.3, -0.25) is 0 Å². The van der Waals surface area contributed by atoms with E-state index in [4.69, 9.17) is 21.8 Å². The van der Waals surface area contributed by atoms with E-state index in [0.29, 0.717) is 29.4 Å². The maximum absolute atomic E-state index is 14.0. The summed E-state index contributed by atoms with van der Waals surface area (Å²) in [5.74, 6) is -0.327. The van der Waals surface area contributed by atoms with Gasteiger partial charge in [0.2, 0.25) is 0 Å². The molecule has 0 N–H and O–H groups in total. The van der Waals surface area contributed by atoms with Crippen molar-refractivity contribution < 1.29 is 27.1 Å². The third-order valence-corrected chi connectivity index (χ3v) is 7.36. The van der Waals surface area contributed by atoms with Crippen molar-refractivity contribution in [3.05, 3.63) is 66.2 Å². The number of thioether (sulfide) groups is 1. The van der Waals surface area contributed by atoms with Gasteiger partial charge in [0.15, 0.2) is 0 Å². The minimum atomic E-state index is -4.49. The van der Waals surface area contributed by atoms with Crippen molar-refractivity contribution in [2.24, 2.45) is 0 Å². The van der Waals surface area contributed by atoms with E-state index >= 15 is 0 Å². The zero-order valence-corrected chi connectivity index (χ0v) is 23.3. The monoisotopic (exact) mass is 550 g/mol. The Morgan fingerprint density at radius 2 is 1.84 bits per heavy atom. The van der Waals surface area contributed by atoms with Crippen molar-refractivity contribution in [3.63, 3.8) is 0 Å². The summed E-state index contributed by atoms with van der Waals surface area (Å²) in [6, 6.07) is 11.6. The molecule has 37 heavy (non-hydrogen) atoms. The molecule has 0 fully saturated rings. The molecule has 0 saturated carbocycles. The fourth-order valence-corrected chi connectivity index (χ4v) is 6.34. The van der Waals surface area contributed by atoms with Crippen LogP contribution in [0.5, 0.6) is 0 Å². The third-order valence-electron chi connectivity index (χ3n) is 5.85.